The summed E-state index contributed by atoms with van der Waals surface area (Å²) in [7, 11) is 0. The fourth-order valence-corrected chi connectivity index (χ4v) is 5.01. The van der Waals surface area contributed by atoms with Gasteiger partial charge in [0.1, 0.15) is 0 Å². The second kappa shape index (κ2) is 8.45. The van der Waals surface area contributed by atoms with Gasteiger partial charge < -0.3 is 5.32 Å². The monoisotopic (exact) mass is 419 g/mol. The van der Waals surface area contributed by atoms with Gasteiger partial charge in [0.2, 0.25) is 0 Å². The molecule has 0 aromatic carbocycles. The van der Waals surface area contributed by atoms with Crippen molar-refractivity contribution in [1.29, 1.82) is 0 Å². The van der Waals surface area contributed by atoms with Gasteiger partial charge in [-0.3, -0.25) is 25.2 Å². The fourth-order valence-electron chi connectivity index (χ4n) is 3.26. The molecule has 0 saturated carbocycles. The van der Waals surface area contributed by atoms with Crippen LogP contribution in [0.1, 0.15) is 57.0 Å². The first-order chi connectivity index (χ1) is 13.2. The highest BCUT2D eigenvalue weighted by Crippen LogP contribution is 2.40. The predicted octanol–water partition coefficient (Wildman–Crippen LogP) is 3.15. The highest BCUT2D eigenvalue weighted by Gasteiger charge is 2.30. The molecule has 0 radical (unpaired) electrons. The molecule has 28 heavy (non-hydrogen) atoms. The van der Waals surface area contributed by atoms with Gasteiger partial charge in [0.05, 0.1) is 16.3 Å². The number of hydrazine groups is 1. The molecule has 2 aromatic heterocycles. The van der Waals surface area contributed by atoms with Crippen molar-refractivity contribution in [2.45, 2.75) is 40.0 Å². The molecule has 150 valence electrons. The maximum absolute atomic E-state index is 12.4. The summed E-state index contributed by atoms with van der Waals surface area (Å²) < 4.78 is 0. The summed E-state index contributed by atoms with van der Waals surface area (Å²) in [5.41, 5.74) is 6.28. The Morgan fingerprint density at radius 2 is 1.93 bits per heavy atom. The summed E-state index contributed by atoms with van der Waals surface area (Å²) in [5.74, 6) is -0.509. The minimum absolute atomic E-state index is 0.203. The van der Waals surface area contributed by atoms with Crippen LogP contribution < -0.4 is 16.2 Å². The Hall–Kier alpha value is -2.19. The maximum Gasteiger partial charge on any atom is 0.279 e. The van der Waals surface area contributed by atoms with Crippen molar-refractivity contribution in [3.05, 3.63) is 43.8 Å². The van der Waals surface area contributed by atoms with Crippen LogP contribution in [0.2, 0.25) is 0 Å². The highest BCUT2D eigenvalue weighted by molar-refractivity contribution is 7.14. The molecule has 1 aliphatic carbocycles. The molecule has 3 N–H and O–H groups in total. The fraction of sp³-hybridized carbons (Fsp3) is 0.450. The lowest BCUT2D eigenvalue weighted by Gasteiger charge is -2.33. The lowest BCUT2D eigenvalue weighted by atomic mass is 9.72. The third kappa shape index (κ3) is 4.99. The summed E-state index contributed by atoms with van der Waals surface area (Å²) in [6.07, 6.45) is 3.12. The highest BCUT2D eigenvalue weighted by atomic mass is 32.1. The molecular weight excluding hydrogens is 394 g/mol. The van der Waals surface area contributed by atoms with Gasteiger partial charge in [0.15, 0.2) is 0 Å². The number of nitrogens with one attached hydrogen (secondary N) is 3. The number of amides is 3. The average Bonchev–Trinajstić information content (AvgIpc) is 3.32. The minimum Gasteiger partial charge on any atom is -0.342 e. The van der Waals surface area contributed by atoms with Gasteiger partial charge in [-0.25, -0.2) is 0 Å². The Balaban J connectivity index is 1.48. The van der Waals surface area contributed by atoms with Crippen molar-refractivity contribution in [2.24, 2.45) is 11.3 Å². The number of hydrogen-bond donors (Lipinski definition) is 3. The molecule has 1 unspecified atom stereocenters. The molecule has 0 aliphatic heterocycles. The number of hydrogen-bond acceptors (Lipinski definition) is 5. The van der Waals surface area contributed by atoms with Crippen LogP contribution in [0, 0.1) is 11.3 Å². The van der Waals surface area contributed by atoms with E-state index in [0.717, 1.165) is 19.3 Å². The van der Waals surface area contributed by atoms with Crippen LogP contribution in [0.25, 0.3) is 0 Å². The van der Waals surface area contributed by atoms with Crippen LogP contribution in [0.4, 0.5) is 0 Å². The van der Waals surface area contributed by atoms with Gasteiger partial charge in [0.25, 0.3) is 17.7 Å². The summed E-state index contributed by atoms with van der Waals surface area (Å²) in [6.45, 7) is 6.57. The SMILES string of the molecule is CC(C)(C)C1CCc2sc(C(=O)NNC(=O)CNC(=O)c3cccs3)cc2C1. The molecule has 2 aromatic rings. The second-order valence-corrected chi connectivity index (χ2v) is 10.1. The normalized spacial score (nSPS) is 16.2. The summed E-state index contributed by atoms with van der Waals surface area (Å²) in [4.78, 5) is 38.4. The van der Waals surface area contributed by atoms with E-state index in [1.54, 1.807) is 17.5 Å². The maximum atomic E-state index is 12.4. The number of aryl methyl sites for hydroxylation is 1. The summed E-state index contributed by atoms with van der Waals surface area (Å²) in [5, 5.41) is 4.31. The quantitative estimate of drug-likeness (QED) is 0.665. The Labute approximate surface area is 172 Å². The van der Waals surface area contributed by atoms with Gasteiger partial charge in [-0.1, -0.05) is 26.8 Å². The largest absolute Gasteiger partial charge is 0.342 e. The molecule has 0 saturated heterocycles. The summed E-state index contributed by atoms with van der Waals surface area (Å²) >= 11 is 2.79. The molecule has 0 fully saturated rings. The molecule has 1 aliphatic rings. The van der Waals surface area contributed by atoms with Crippen LogP contribution in [0.3, 0.4) is 0 Å². The van der Waals surface area contributed by atoms with Gasteiger partial charge >= 0.3 is 0 Å². The van der Waals surface area contributed by atoms with Gasteiger partial charge in [-0.05, 0) is 53.7 Å². The van der Waals surface area contributed by atoms with E-state index in [1.807, 2.05) is 6.07 Å². The number of fused-ring (bicyclic) bond motifs is 1. The van der Waals surface area contributed by atoms with Crippen LogP contribution in [-0.4, -0.2) is 24.3 Å². The number of carbonyl (C=O) groups is 3. The zero-order valence-electron chi connectivity index (χ0n) is 16.3. The van der Waals surface area contributed by atoms with Crippen LogP contribution in [-0.2, 0) is 17.6 Å². The zero-order chi connectivity index (χ0) is 20.3. The smallest absolute Gasteiger partial charge is 0.279 e. The van der Waals surface area contributed by atoms with Gasteiger partial charge in [-0.2, -0.15) is 0 Å². The van der Waals surface area contributed by atoms with E-state index < -0.39 is 5.91 Å². The van der Waals surface area contributed by atoms with Crippen molar-refractivity contribution in [3.8, 4) is 0 Å². The molecule has 3 rings (SSSR count). The molecule has 2 heterocycles. The van der Waals surface area contributed by atoms with Gasteiger partial charge in [-0.15, -0.1) is 22.7 Å². The van der Waals surface area contributed by atoms with Gasteiger partial charge in [0, 0.05) is 4.88 Å². The first kappa shape index (κ1) is 20.5. The zero-order valence-corrected chi connectivity index (χ0v) is 17.9. The van der Waals surface area contributed by atoms with E-state index in [-0.39, 0.29) is 23.8 Å². The average molecular weight is 420 g/mol. The topological polar surface area (TPSA) is 87.3 Å². The van der Waals surface area contributed by atoms with Crippen molar-refractivity contribution < 1.29 is 14.4 Å². The van der Waals surface area contributed by atoms with E-state index in [2.05, 4.69) is 36.9 Å². The number of rotatable bonds is 4. The first-order valence-corrected chi connectivity index (χ1v) is 11.0. The molecule has 3 amide bonds. The molecular formula is C20H25N3O3S2. The predicted molar refractivity (Wildman–Crippen MR) is 112 cm³/mol. The molecule has 1 atom stereocenters. The van der Waals surface area contributed by atoms with E-state index in [4.69, 9.17) is 0 Å². The third-order valence-electron chi connectivity index (χ3n) is 5.00. The van der Waals surface area contributed by atoms with Crippen molar-refractivity contribution in [3.63, 3.8) is 0 Å². The lowest BCUT2D eigenvalue weighted by Crippen LogP contribution is -2.46. The van der Waals surface area contributed by atoms with Crippen LogP contribution >= 0.6 is 22.7 Å². The van der Waals surface area contributed by atoms with E-state index >= 15 is 0 Å². The number of thiophene rings is 2. The van der Waals surface area contributed by atoms with Crippen molar-refractivity contribution >= 4 is 40.4 Å². The van der Waals surface area contributed by atoms with Crippen molar-refractivity contribution in [1.82, 2.24) is 16.2 Å². The standard InChI is InChI=1S/C20H25N3O3S2/c1-20(2,3)13-6-7-14-12(9-13)10-16(28-14)19(26)23-22-17(24)11-21-18(25)15-5-4-8-27-15/h4-5,8,10,13H,6-7,9,11H2,1-3H3,(H,21,25)(H,22,24)(H,23,26). The summed E-state index contributed by atoms with van der Waals surface area (Å²) in [6, 6.07) is 5.39. The Morgan fingerprint density at radius 3 is 2.61 bits per heavy atom. The Bertz CT molecular complexity index is 866. The first-order valence-electron chi connectivity index (χ1n) is 9.26. The van der Waals surface area contributed by atoms with E-state index in [1.165, 1.54) is 33.1 Å². The molecule has 8 heteroatoms. The van der Waals surface area contributed by atoms with E-state index in [9.17, 15) is 14.4 Å². The lowest BCUT2D eigenvalue weighted by molar-refractivity contribution is -0.120. The van der Waals surface area contributed by atoms with Crippen molar-refractivity contribution in [2.75, 3.05) is 6.54 Å². The minimum atomic E-state index is -0.479. The third-order valence-corrected chi connectivity index (χ3v) is 7.11. The molecule has 6 nitrogen and oxygen atoms in total. The number of carbonyl (C=O) groups excluding carboxylic acids is 3. The molecule has 0 spiro atoms. The molecule has 0 bridgehead atoms. The Kier molecular flexibility index (Phi) is 6.20. The Morgan fingerprint density at radius 1 is 1.14 bits per heavy atom. The van der Waals surface area contributed by atoms with E-state index in [0.29, 0.717) is 15.7 Å². The van der Waals surface area contributed by atoms with Crippen LogP contribution in [0.15, 0.2) is 23.6 Å². The second-order valence-electron chi connectivity index (χ2n) is 8.03. The van der Waals surface area contributed by atoms with Crippen LogP contribution in [0.5, 0.6) is 0 Å².